The minimum Gasteiger partial charge on any atom is -0.504 e. The standard InChI is InChI=1S/C10H8O6/c11-7-2-1-5(4-8(7)12)3-6(9(13)14)10(15)16/h1-4,11-12H,(H,13,14)(H,15,16). The van der Waals surface area contributed by atoms with Crippen LogP contribution in [0.15, 0.2) is 23.8 Å². The summed E-state index contributed by atoms with van der Waals surface area (Å²) in [5, 5.41) is 35.2. The maximum Gasteiger partial charge on any atom is 0.343 e. The molecule has 0 amide bonds. The number of hydrogen-bond donors (Lipinski definition) is 4. The normalized spacial score (nSPS) is 9.50. The number of carbonyl (C=O) groups is 2. The van der Waals surface area contributed by atoms with E-state index < -0.39 is 23.3 Å². The molecular weight excluding hydrogens is 216 g/mol. The third-order valence-electron chi connectivity index (χ3n) is 1.77. The fourth-order valence-corrected chi connectivity index (χ4v) is 1.01. The lowest BCUT2D eigenvalue weighted by Gasteiger charge is -2.00. The summed E-state index contributed by atoms with van der Waals surface area (Å²) in [5.74, 6) is -3.99. The average Bonchev–Trinajstić information content (AvgIpc) is 2.18. The molecule has 16 heavy (non-hydrogen) atoms. The zero-order valence-electron chi connectivity index (χ0n) is 7.91. The van der Waals surface area contributed by atoms with Crippen molar-refractivity contribution in [2.45, 2.75) is 0 Å². The van der Waals surface area contributed by atoms with E-state index in [1.54, 1.807) is 0 Å². The Balaban J connectivity index is 3.18. The first-order chi connectivity index (χ1) is 7.41. The highest BCUT2D eigenvalue weighted by atomic mass is 16.4. The predicted octanol–water partition coefficient (Wildman–Crippen LogP) is 0.650. The Kier molecular flexibility index (Phi) is 3.14. The van der Waals surface area contributed by atoms with E-state index in [-0.39, 0.29) is 11.3 Å². The Morgan fingerprint density at radius 3 is 2.00 bits per heavy atom. The van der Waals surface area contributed by atoms with Crippen molar-refractivity contribution in [3.8, 4) is 11.5 Å². The lowest BCUT2D eigenvalue weighted by molar-refractivity contribution is -0.140. The largest absolute Gasteiger partial charge is 0.504 e. The molecule has 1 aromatic rings. The molecule has 0 aromatic heterocycles. The first-order valence-electron chi connectivity index (χ1n) is 4.12. The summed E-state index contributed by atoms with van der Waals surface area (Å²) in [6.45, 7) is 0. The van der Waals surface area contributed by atoms with Gasteiger partial charge in [0.25, 0.3) is 0 Å². The Morgan fingerprint density at radius 1 is 1.00 bits per heavy atom. The van der Waals surface area contributed by atoms with Crippen molar-refractivity contribution < 1.29 is 30.0 Å². The van der Waals surface area contributed by atoms with Crippen LogP contribution < -0.4 is 0 Å². The van der Waals surface area contributed by atoms with Crippen LogP contribution in [0, 0.1) is 0 Å². The smallest absolute Gasteiger partial charge is 0.343 e. The second-order valence-corrected chi connectivity index (χ2v) is 2.92. The van der Waals surface area contributed by atoms with Crippen LogP contribution in [-0.4, -0.2) is 32.4 Å². The van der Waals surface area contributed by atoms with Crippen LogP contribution in [0.5, 0.6) is 11.5 Å². The van der Waals surface area contributed by atoms with E-state index in [4.69, 9.17) is 20.4 Å². The molecule has 4 N–H and O–H groups in total. The van der Waals surface area contributed by atoms with E-state index >= 15 is 0 Å². The molecule has 0 saturated heterocycles. The molecule has 6 nitrogen and oxygen atoms in total. The lowest BCUT2D eigenvalue weighted by atomic mass is 10.1. The van der Waals surface area contributed by atoms with Crippen LogP contribution in [0.1, 0.15) is 5.56 Å². The summed E-state index contributed by atoms with van der Waals surface area (Å²) < 4.78 is 0. The van der Waals surface area contributed by atoms with Crippen LogP contribution in [0.25, 0.3) is 6.08 Å². The third-order valence-corrected chi connectivity index (χ3v) is 1.77. The van der Waals surface area contributed by atoms with Gasteiger partial charge in [-0.3, -0.25) is 0 Å². The van der Waals surface area contributed by atoms with Gasteiger partial charge in [0.05, 0.1) is 0 Å². The molecule has 0 unspecified atom stereocenters. The van der Waals surface area contributed by atoms with Crippen LogP contribution in [0.4, 0.5) is 0 Å². The van der Waals surface area contributed by atoms with Crippen molar-refractivity contribution >= 4 is 18.0 Å². The summed E-state index contributed by atoms with van der Waals surface area (Å²) in [7, 11) is 0. The SMILES string of the molecule is O=C(O)C(=Cc1ccc(O)c(O)c1)C(=O)O. The lowest BCUT2D eigenvalue weighted by Crippen LogP contribution is -2.10. The second-order valence-electron chi connectivity index (χ2n) is 2.92. The first kappa shape index (κ1) is 11.6. The molecule has 1 rings (SSSR count). The van der Waals surface area contributed by atoms with Crippen LogP contribution in [0.2, 0.25) is 0 Å². The van der Waals surface area contributed by atoms with Gasteiger partial charge in [-0.25, -0.2) is 9.59 Å². The molecule has 0 spiro atoms. The highest BCUT2D eigenvalue weighted by Gasteiger charge is 2.15. The summed E-state index contributed by atoms with van der Waals surface area (Å²) in [6, 6.07) is 3.46. The molecular formula is C10H8O6. The average molecular weight is 224 g/mol. The van der Waals surface area contributed by atoms with Crippen molar-refractivity contribution in [3.63, 3.8) is 0 Å². The third kappa shape index (κ3) is 2.50. The van der Waals surface area contributed by atoms with Crippen LogP contribution >= 0.6 is 0 Å². The van der Waals surface area contributed by atoms with Gasteiger partial charge < -0.3 is 20.4 Å². The number of rotatable bonds is 3. The van der Waals surface area contributed by atoms with E-state index in [0.717, 1.165) is 18.2 Å². The fourth-order valence-electron chi connectivity index (χ4n) is 1.01. The van der Waals surface area contributed by atoms with Gasteiger partial charge in [-0.1, -0.05) is 6.07 Å². The quantitative estimate of drug-likeness (QED) is 0.259. The maximum atomic E-state index is 10.5. The van der Waals surface area contributed by atoms with E-state index in [0.29, 0.717) is 0 Å². The Bertz CT molecular complexity index is 458. The maximum absolute atomic E-state index is 10.5. The highest BCUT2D eigenvalue weighted by molar-refractivity contribution is 6.16. The molecule has 0 bridgehead atoms. The van der Waals surface area contributed by atoms with Gasteiger partial charge in [0.1, 0.15) is 5.57 Å². The molecule has 84 valence electrons. The second kappa shape index (κ2) is 4.35. The number of carboxylic acids is 2. The molecule has 0 radical (unpaired) electrons. The van der Waals surface area contributed by atoms with Crippen molar-refractivity contribution in [3.05, 3.63) is 29.3 Å². The summed E-state index contributed by atoms with van der Waals surface area (Å²) >= 11 is 0. The molecule has 0 saturated carbocycles. The number of hydrogen-bond acceptors (Lipinski definition) is 4. The molecule has 0 atom stereocenters. The number of aromatic hydroxyl groups is 2. The van der Waals surface area contributed by atoms with Crippen molar-refractivity contribution in [1.82, 2.24) is 0 Å². The van der Waals surface area contributed by atoms with Gasteiger partial charge >= 0.3 is 11.9 Å². The zero-order valence-corrected chi connectivity index (χ0v) is 7.91. The van der Waals surface area contributed by atoms with E-state index in [9.17, 15) is 9.59 Å². The van der Waals surface area contributed by atoms with Gasteiger partial charge in [-0.15, -0.1) is 0 Å². The number of carboxylic acid groups (broad SMARTS) is 2. The van der Waals surface area contributed by atoms with Gasteiger partial charge in [0, 0.05) is 0 Å². The Hall–Kier alpha value is -2.50. The Labute approximate surface area is 89.7 Å². The van der Waals surface area contributed by atoms with Crippen LogP contribution in [0.3, 0.4) is 0 Å². The monoisotopic (exact) mass is 224 g/mol. The van der Waals surface area contributed by atoms with Gasteiger partial charge in [-0.05, 0) is 23.8 Å². The minimum atomic E-state index is -1.58. The van der Waals surface area contributed by atoms with E-state index in [2.05, 4.69) is 0 Å². The molecule has 1 aromatic carbocycles. The summed E-state index contributed by atoms with van der Waals surface area (Å²) in [6.07, 6.45) is 0.879. The number of aliphatic carboxylic acids is 2. The molecule has 0 heterocycles. The molecule has 0 aliphatic rings. The topological polar surface area (TPSA) is 115 Å². The number of benzene rings is 1. The van der Waals surface area contributed by atoms with Gasteiger partial charge in [-0.2, -0.15) is 0 Å². The summed E-state index contributed by atoms with van der Waals surface area (Å²) in [5.41, 5.74) is -0.666. The predicted molar refractivity (Wildman–Crippen MR) is 53.0 cm³/mol. The zero-order chi connectivity index (χ0) is 12.3. The van der Waals surface area contributed by atoms with E-state index in [1.807, 2.05) is 0 Å². The number of phenolic OH excluding ortho intramolecular Hbond substituents is 2. The van der Waals surface area contributed by atoms with Gasteiger partial charge in [0.15, 0.2) is 11.5 Å². The van der Waals surface area contributed by atoms with Crippen molar-refractivity contribution in [2.75, 3.05) is 0 Å². The van der Waals surface area contributed by atoms with Gasteiger partial charge in [0.2, 0.25) is 0 Å². The number of phenols is 2. The molecule has 0 fully saturated rings. The Morgan fingerprint density at radius 2 is 1.56 bits per heavy atom. The minimum absolute atomic E-state index is 0.162. The first-order valence-corrected chi connectivity index (χ1v) is 4.12. The van der Waals surface area contributed by atoms with E-state index in [1.165, 1.54) is 6.07 Å². The molecule has 0 aliphatic heterocycles. The summed E-state index contributed by atoms with van der Waals surface area (Å²) in [4.78, 5) is 21.1. The highest BCUT2D eigenvalue weighted by Crippen LogP contribution is 2.25. The fraction of sp³-hybridized carbons (Fsp3) is 0. The van der Waals surface area contributed by atoms with Crippen LogP contribution in [-0.2, 0) is 9.59 Å². The van der Waals surface area contributed by atoms with Crippen molar-refractivity contribution in [2.24, 2.45) is 0 Å². The van der Waals surface area contributed by atoms with Crippen molar-refractivity contribution in [1.29, 1.82) is 0 Å². The molecule has 0 aliphatic carbocycles. The molecule has 6 heteroatoms.